The molecule has 0 saturated heterocycles. The van der Waals surface area contributed by atoms with E-state index in [9.17, 15) is 19.2 Å². The van der Waals surface area contributed by atoms with E-state index in [2.05, 4.69) is 24.5 Å². The molecule has 0 spiro atoms. The highest BCUT2D eigenvalue weighted by Crippen LogP contribution is 2.08. The molecule has 0 fully saturated rings. The second-order valence-electron chi connectivity index (χ2n) is 7.32. The number of carboxylic acids is 2. The quantitative estimate of drug-likeness (QED) is 0.234. The topological polar surface area (TPSA) is 142 Å². The van der Waals surface area contributed by atoms with Crippen LogP contribution in [0.1, 0.15) is 53.4 Å². The van der Waals surface area contributed by atoms with Crippen LogP contribution in [0.15, 0.2) is 12.2 Å². The average Bonchev–Trinajstić information content (AvgIpc) is 2.62. The third-order valence-electron chi connectivity index (χ3n) is 4.52. The van der Waals surface area contributed by atoms with E-state index in [-0.39, 0.29) is 31.7 Å². The minimum Gasteiger partial charge on any atom is -0.481 e. The molecule has 0 radical (unpaired) electrons. The molecule has 0 aliphatic carbocycles. The van der Waals surface area contributed by atoms with Crippen LogP contribution >= 0.6 is 0 Å². The van der Waals surface area contributed by atoms with E-state index >= 15 is 0 Å². The van der Waals surface area contributed by atoms with E-state index in [0.29, 0.717) is 18.9 Å². The summed E-state index contributed by atoms with van der Waals surface area (Å²) in [6, 6.07) is -0.839. The van der Waals surface area contributed by atoms with Gasteiger partial charge in [-0.15, -0.1) is 0 Å². The summed E-state index contributed by atoms with van der Waals surface area (Å²) in [4.78, 5) is 45.6. The zero-order valence-corrected chi connectivity index (χ0v) is 17.6. The van der Waals surface area contributed by atoms with Crippen LogP contribution in [0.5, 0.6) is 0 Å². The molecular formula is C20H34N2O7. The minimum atomic E-state index is -1.07. The number of hydrogen-bond donors (Lipinski definition) is 4. The summed E-state index contributed by atoms with van der Waals surface area (Å²) in [5, 5.41) is 23.3. The van der Waals surface area contributed by atoms with Gasteiger partial charge in [-0.3, -0.25) is 19.2 Å². The van der Waals surface area contributed by atoms with E-state index in [4.69, 9.17) is 14.9 Å². The van der Waals surface area contributed by atoms with Gasteiger partial charge in [0.05, 0.1) is 25.3 Å². The van der Waals surface area contributed by atoms with Crippen molar-refractivity contribution in [1.29, 1.82) is 0 Å². The van der Waals surface area contributed by atoms with E-state index in [1.165, 1.54) is 6.08 Å². The second-order valence-corrected chi connectivity index (χ2v) is 7.32. The Morgan fingerprint density at radius 1 is 1.00 bits per heavy atom. The SMILES string of the molecule is CCC(CC(=O)O)OC(=O)C/C=C/CNC(=O)[C@H](CC(=O)O)NC[C@@H](C)C(C)C. The van der Waals surface area contributed by atoms with Crippen LogP contribution in [0.25, 0.3) is 0 Å². The predicted octanol–water partition coefficient (Wildman–Crippen LogP) is 1.57. The fourth-order valence-electron chi connectivity index (χ4n) is 2.24. The molecule has 0 rings (SSSR count). The smallest absolute Gasteiger partial charge is 0.309 e. The third kappa shape index (κ3) is 13.4. The summed E-state index contributed by atoms with van der Waals surface area (Å²) >= 11 is 0. The Morgan fingerprint density at radius 3 is 2.14 bits per heavy atom. The third-order valence-corrected chi connectivity index (χ3v) is 4.52. The summed E-state index contributed by atoms with van der Waals surface area (Å²) in [5.41, 5.74) is 0. The van der Waals surface area contributed by atoms with E-state index in [1.54, 1.807) is 13.0 Å². The summed E-state index contributed by atoms with van der Waals surface area (Å²) in [5.74, 6) is -2.38. The number of carbonyl (C=O) groups excluding carboxylic acids is 2. The van der Waals surface area contributed by atoms with Crippen LogP contribution < -0.4 is 10.6 Å². The fraction of sp³-hybridized carbons (Fsp3) is 0.700. The lowest BCUT2D eigenvalue weighted by molar-refractivity contribution is -0.152. The number of hydrogen-bond acceptors (Lipinski definition) is 6. The summed E-state index contributed by atoms with van der Waals surface area (Å²) in [7, 11) is 0. The van der Waals surface area contributed by atoms with E-state index in [1.807, 2.05) is 6.92 Å². The van der Waals surface area contributed by atoms with Gasteiger partial charge in [-0.1, -0.05) is 39.8 Å². The summed E-state index contributed by atoms with van der Waals surface area (Å²) in [6.07, 6.45) is 2.20. The molecule has 9 nitrogen and oxygen atoms in total. The highest BCUT2D eigenvalue weighted by Gasteiger charge is 2.22. The molecule has 29 heavy (non-hydrogen) atoms. The maximum absolute atomic E-state index is 12.2. The molecule has 0 aromatic heterocycles. The van der Waals surface area contributed by atoms with Crippen LogP contribution in [-0.4, -0.2) is 59.3 Å². The molecule has 0 aliphatic heterocycles. The first-order chi connectivity index (χ1) is 13.6. The molecular weight excluding hydrogens is 380 g/mol. The van der Waals surface area contributed by atoms with Gasteiger partial charge in [0.1, 0.15) is 6.10 Å². The molecule has 166 valence electrons. The number of rotatable bonds is 15. The van der Waals surface area contributed by atoms with Crippen molar-refractivity contribution in [3.8, 4) is 0 Å². The normalized spacial score (nSPS) is 14.4. The molecule has 1 amide bonds. The van der Waals surface area contributed by atoms with Gasteiger partial charge in [-0.25, -0.2) is 0 Å². The maximum Gasteiger partial charge on any atom is 0.309 e. The Morgan fingerprint density at radius 2 is 1.62 bits per heavy atom. The second kappa shape index (κ2) is 14.6. The van der Waals surface area contributed by atoms with Crippen molar-refractivity contribution < 1.29 is 34.1 Å². The highest BCUT2D eigenvalue weighted by atomic mass is 16.5. The first-order valence-corrected chi connectivity index (χ1v) is 9.85. The molecule has 0 saturated carbocycles. The van der Waals surface area contributed by atoms with Gasteiger partial charge in [0.2, 0.25) is 5.91 Å². The fourth-order valence-corrected chi connectivity index (χ4v) is 2.24. The first-order valence-electron chi connectivity index (χ1n) is 9.85. The average molecular weight is 414 g/mol. The zero-order valence-electron chi connectivity index (χ0n) is 17.6. The molecule has 0 aliphatic rings. The van der Waals surface area contributed by atoms with E-state index < -0.39 is 36.0 Å². The Hall–Kier alpha value is -2.42. The first kappa shape index (κ1) is 26.6. The van der Waals surface area contributed by atoms with Crippen molar-refractivity contribution in [2.24, 2.45) is 11.8 Å². The van der Waals surface area contributed by atoms with Gasteiger partial charge >= 0.3 is 17.9 Å². The summed E-state index contributed by atoms with van der Waals surface area (Å²) in [6.45, 7) is 8.53. The Bertz CT molecular complexity index is 575. The number of aliphatic carboxylic acids is 2. The van der Waals surface area contributed by atoms with Crippen molar-refractivity contribution in [1.82, 2.24) is 10.6 Å². The number of amides is 1. The van der Waals surface area contributed by atoms with Crippen LogP contribution in [0, 0.1) is 11.8 Å². The van der Waals surface area contributed by atoms with Crippen molar-refractivity contribution >= 4 is 23.8 Å². The lowest BCUT2D eigenvalue weighted by Crippen LogP contribution is -2.47. The van der Waals surface area contributed by atoms with Gasteiger partial charge < -0.3 is 25.6 Å². The van der Waals surface area contributed by atoms with Crippen molar-refractivity contribution in [3.63, 3.8) is 0 Å². The lowest BCUT2D eigenvalue weighted by atomic mass is 9.97. The van der Waals surface area contributed by atoms with Crippen molar-refractivity contribution in [3.05, 3.63) is 12.2 Å². The van der Waals surface area contributed by atoms with Crippen LogP contribution in [0.3, 0.4) is 0 Å². The maximum atomic E-state index is 12.2. The Balaban J connectivity index is 4.40. The molecule has 3 atom stereocenters. The van der Waals surface area contributed by atoms with Crippen molar-refractivity contribution in [2.45, 2.75) is 65.5 Å². The standard InChI is InChI=1S/C20H34N2O7/c1-5-15(10-17(23)24)29-19(27)8-6-7-9-21-20(28)16(11-18(25)26)22-12-14(4)13(2)3/h6-7,13-16,22H,5,8-12H2,1-4H3,(H,21,28)(H,23,24)(H,25,26)/b7-6+/t14-,15?,16+/m1/s1. The van der Waals surface area contributed by atoms with Gasteiger partial charge in [-0.2, -0.15) is 0 Å². The number of carbonyl (C=O) groups is 4. The molecule has 0 bridgehead atoms. The predicted molar refractivity (Wildman–Crippen MR) is 107 cm³/mol. The molecule has 0 aromatic carbocycles. The highest BCUT2D eigenvalue weighted by molar-refractivity contribution is 5.86. The molecule has 0 aromatic rings. The molecule has 1 unspecified atom stereocenters. The molecule has 0 heterocycles. The van der Waals surface area contributed by atoms with Gasteiger partial charge in [0.15, 0.2) is 0 Å². The molecule has 4 N–H and O–H groups in total. The number of ether oxygens (including phenoxy) is 1. The van der Waals surface area contributed by atoms with Gasteiger partial charge in [0.25, 0.3) is 0 Å². The van der Waals surface area contributed by atoms with Gasteiger partial charge in [-0.05, 0) is 24.8 Å². The van der Waals surface area contributed by atoms with Crippen molar-refractivity contribution in [2.75, 3.05) is 13.1 Å². The number of nitrogens with one attached hydrogen (secondary N) is 2. The largest absolute Gasteiger partial charge is 0.481 e. The Kier molecular flexibility index (Phi) is 13.3. The van der Waals surface area contributed by atoms with Crippen LogP contribution in [0.2, 0.25) is 0 Å². The lowest BCUT2D eigenvalue weighted by Gasteiger charge is -2.21. The van der Waals surface area contributed by atoms with Crippen LogP contribution in [-0.2, 0) is 23.9 Å². The summed E-state index contributed by atoms with van der Waals surface area (Å²) < 4.78 is 5.06. The van der Waals surface area contributed by atoms with Gasteiger partial charge in [0, 0.05) is 6.54 Å². The zero-order chi connectivity index (χ0) is 22.4. The minimum absolute atomic E-state index is 0.0469. The van der Waals surface area contributed by atoms with Crippen LogP contribution in [0.4, 0.5) is 0 Å². The monoisotopic (exact) mass is 414 g/mol. The number of esters is 1. The number of carboxylic acid groups (broad SMARTS) is 2. The van der Waals surface area contributed by atoms with E-state index in [0.717, 1.165) is 0 Å². The Labute approximate surface area is 171 Å². The molecule has 9 heteroatoms.